The van der Waals surface area contributed by atoms with Crippen molar-refractivity contribution in [2.24, 2.45) is 5.73 Å². The summed E-state index contributed by atoms with van der Waals surface area (Å²) in [5, 5.41) is 4.01. The molecule has 32 heavy (non-hydrogen) atoms. The van der Waals surface area contributed by atoms with Gasteiger partial charge in [-0.05, 0) is 30.3 Å². The second-order valence-electron chi connectivity index (χ2n) is 6.83. The first-order valence-corrected chi connectivity index (χ1v) is 9.95. The van der Waals surface area contributed by atoms with E-state index in [1.54, 1.807) is 48.3 Å². The molecule has 0 aliphatic carbocycles. The minimum Gasteiger partial charge on any atom is -0.489 e. The van der Waals surface area contributed by atoms with Gasteiger partial charge < -0.3 is 15.2 Å². The molecule has 10 heteroatoms. The van der Waals surface area contributed by atoms with Crippen molar-refractivity contribution in [1.29, 1.82) is 0 Å². The summed E-state index contributed by atoms with van der Waals surface area (Å²) < 4.78 is 24.2. The first-order valence-electron chi connectivity index (χ1n) is 9.95. The van der Waals surface area contributed by atoms with Gasteiger partial charge in [0.25, 0.3) is 5.91 Å². The Hall–Kier alpha value is -3.79. The number of halogens is 1. The van der Waals surface area contributed by atoms with Crippen LogP contribution in [0.3, 0.4) is 0 Å². The number of anilines is 1. The fourth-order valence-electron chi connectivity index (χ4n) is 2.91. The quantitative estimate of drug-likeness (QED) is 0.619. The molecular weight excluding hydrogens is 417 g/mol. The van der Waals surface area contributed by atoms with E-state index in [0.717, 1.165) is 5.69 Å². The van der Waals surface area contributed by atoms with Crippen molar-refractivity contribution in [3.05, 3.63) is 71.9 Å². The van der Waals surface area contributed by atoms with Crippen LogP contribution in [0.25, 0.3) is 0 Å². The van der Waals surface area contributed by atoms with Crippen molar-refractivity contribution in [2.75, 3.05) is 25.2 Å². The summed E-state index contributed by atoms with van der Waals surface area (Å²) in [5.41, 5.74) is 6.30. The van der Waals surface area contributed by atoms with Gasteiger partial charge in [0.05, 0.1) is 38.5 Å². The Labute approximate surface area is 184 Å². The van der Waals surface area contributed by atoms with E-state index in [-0.39, 0.29) is 11.7 Å². The molecule has 3 aromatic rings. The van der Waals surface area contributed by atoms with Gasteiger partial charge >= 0.3 is 0 Å². The number of fused-ring (bicyclic) bond motifs is 2. The SMILES string of the molecule is CN1C(=O)CCOc2cccnc21.Fc1ccccc1.NC(=O)c1cc2n(n1)CCOC2. The lowest BCUT2D eigenvalue weighted by Gasteiger charge is -2.13. The number of benzene rings is 1. The minimum absolute atomic E-state index is 0.0393. The van der Waals surface area contributed by atoms with Gasteiger partial charge in [-0.25, -0.2) is 9.37 Å². The van der Waals surface area contributed by atoms with E-state index >= 15 is 0 Å². The van der Waals surface area contributed by atoms with Crippen molar-refractivity contribution in [1.82, 2.24) is 14.8 Å². The number of rotatable bonds is 1. The van der Waals surface area contributed by atoms with Gasteiger partial charge in [0.2, 0.25) is 5.91 Å². The summed E-state index contributed by atoms with van der Waals surface area (Å²) in [7, 11) is 1.71. The van der Waals surface area contributed by atoms with E-state index in [0.29, 0.717) is 50.0 Å². The second kappa shape index (κ2) is 11.0. The number of nitrogens with two attached hydrogens (primary N) is 1. The van der Waals surface area contributed by atoms with Crippen LogP contribution in [-0.2, 0) is 22.7 Å². The van der Waals surface area contributed by atoms with Crippen LogP contribution in [0.15, 0.2) is 54.7 Å². The van der Waals surface area contributed by atoms with Crippen LogP contribution in [0.5, 0.6) is 5.75 Å². The lowest BCUT2D eigenvalue weighted by atomic mass is 10.3. The minimum atomic E-state index is -0.489. The summed E-state index contributed by atoms with van der Waals surface area (Å²) in [6, 6.07) is 13.2. The highest BCUT2D eigenvalue weighted by atomic mass is 19.1. The van der Waals surface area contributed by atoms with E-state index in [2.05, 4.69) is 10.1 Å². The van der Waals surface area contributed by atoms with Crippen LogP contribution in [0, 0.1) is 5.82 Å². The Kier molecular flexibility index (Phi) is 7.87. The van der Waals surface area contributed by atoms with E-state index in [1.165, 1.54) is 17.0 Å². The second-order valence-corrected chi connectivity index (χ2v) is 6.83. The van der Waals surface area contributed by atoms with Crippen LogP contribution in [0.4, 0.5) is 10.2 Å². The van der Waals surface area contributed by atoms with Crippen LogP contribution in [0.2, 0.25) is 0 Å². The molecule has 2 aliphatic heterocycles. The zero-order valence-electron chi connectivity index (χ0n) is 17.6. The first-order chi connectivity index (χ1) is 15.5. The van der Waals surface area contributed by atoms with Crippen molar-refractivity contribution in [3.8, 4) is 5.75 Å². The highest BCUT2D eigenvalue weighted by Gasteiger charge is 2.20. The van der Waals surface area contributed by atoms with Gasteiger partial charge in [0.1, 0.15) is 11.5 Å². The average molecular weight is 441 g/mol. The largest absolute Gasteiger partial charge is 0.489 e. The normalized spacial score (nSPS) is 14.3. The molecule has 2 aromatic heterocycles. The van der Waals surface area contributed by atoms with Gasteiger partial charge in [-0.3, -0.25) is 19.2 Å². The maximum absolute atomic E-state index is 11.9. The average Bonchev–Trinajstić information content (AvgIpc) is 3.19. The third-order valence-corrected chi connectivity index (χ3v) is 4.56. The number of ether oxygens (including phenoxy) is 2. The molecule has 0 bridgehead atoms. The van der Waals surface area contributed by atoms with E-state index in [4.69, 9.17) is 15.2 Å². The predicted molar refractivity (Wildman–Crippen MR) is 115 cm³/mol. The number of carbonyl (C=O) groups is 2. The Balaban J connectivity index is 0.000000142. The van der Waals surface area contributed by atoms with Crippen molar-refractivity contribution >= 4 is 17.6 Å². The molecule has 0 spiro atoms. The fourth-order valence-corrected chi connectivity index (χ4v) is 2.91. The van der Waals surface area contributed by atoms with E-state index < -0.39 is 5.91 Å². The molecule has 0 fully saturated rings. The fraction of sp³-hybridized carbons (Fsp3) is 0.273. The molecule has 1 aromatic carbocycles. The highest BCUT2D eigenvalue weighted by Crippen LogP contribution is 2.26. The summed E-state index contributed by atoms with van der Waals surface area (Å²) in [4.78, 5) is 27.7. The van der Waals surface area contributed by atoms with Crippen LogP contribution in [0.1, 0.15) is 22.6 Å². The lowest BCUT2D eigenvalue weighted by molar-refractivity contribution is -0.118. The number of hydrogen-bond acceptors (Lipinski definition) is 6. The number of primary amides is 1. The number of carbonyl (C=O) groups excluding carboxylic acids is 2. The number of amides is 2. The number of aromatic nitrogens is 3. The van der Waals surface area contributed by atoms with Crippen molar-refractivity contribution in [2.45, 2.75) is 19.6 Å². The maximum atomic E-state index is 11.9. The van der Waals surface area contributed by atoms with Crippen LogP contribution in [-0.4, -0.2) is 46.8 Å². The molecular formula is C22H24FN5O4. The van der Waals surface area contributed by atoms with Crippen molar-refractivity contribution in [3.63, 3.8) is 0 Å². The zero-order valence-corrected chi connectivity index (χ0v) is 17.6. The summed E-state index contributed by atoms with van der Waals surface area (Å²) in [5.74, 6) is 0.651. The van der Waals surface area contributed by atoms with E-state index in [1.807, 2.05) is 6.07 Å². The highest BCUT2D eigenvalue weighted by molar-refractivity contribution is 5.93. The molecule has 4 heterocycles. The molecule has 5 rings (SSSR count). The number of nitrogens with zero attached hydrogens (tertiary/aromatic N) is 4. The first kappa shape index (κ1) is 22.9. The Bertz CT molecular complexity index is 1030. The molecule has 2 amide bonds. The number of hydrogen-bond donors (Lipinski definition) is 1. The maximum Gasteiger partial charge on any atom is 0.269 e. The smallest absolute Gasteiger partial charge is 0.269 e. The molecule has 0 saturated heterocycles. The number of pyridine rings is 1. The Morgan fingerprint density at radius 3 is 2.59 bits per heavy atom. The summed E-state index contributed by atoms with van der Waals surface area (Å²) >= 11 is 0. The van der Waals surface area contributed by atoms with E-state index in [9.17, 15) is 14.0 Å². The molecule has 2 N–H and O–H groups in total. The molecule has 0 atom stereocenters. The van der Waals surface area contributed by atoms with Gasteiger partial charge in [0.15, 0.2) is 11.6 Å². The van der Waals surface area contributed by atoms with Gasteiger partial charge in [-0.15, -0.1) is 0 Å². The molecule has 0 unspecified atom stereocenters. The Morgan fingerprint density at radius 1 is 1.16 bits per heavy atom. The summed E-state index contributed by atoms with van der Waals surface area (Å²) in [6.07, 6.45) is 2.06. The van der Waals surface area contributed by atoms with Gasteiger partial charge in [0, 0.05) is 13.2 Å². The molecule has 0 radical (unpaired) electrons. The molecule has 9 nitrogen and oxygen atoms in total. The summed E-state index contributed by atoms with van der Waals surface area (Å²) in [6.45, 7) is 2.29. The van der Waals surface area contributed by atoms with Crippen molar-refractivity contribution < 1.29 is 23.5 Å². The standard InChI is InChI=1S/C9H10N2O2.C7H9N3O2.C6H5F/c1-11-8(12)4-6-13-7-3-2-5-10-9(7)11;8-7(11)6-3-5-4-12-2-1-10(5)9-6;7-6-4-2-1-3-5-6/h2-3,5H,4,6H2,1H3;3H,1-2,4H2,(H2,8,11);1-5H. The zero-order chi connectivity index (χ0) is 22.9. The van der Waals surface area contributed by atoms with Gasteiger partial charge in [-0.1, -0.05) is 18.2 Å². The Morgan fingerprint density at radius 2 is 1.94 bits per heavy atom. The third kappa shape index (κ3) is 6.11. The topological polar surface area (TPSA) is 113 Å². The van der Waals surface area contributed by atoms with Crippen LogP contribution < -0.4 is 15.4 Å². The lowest BCUT2D eigenvalue weighted by Crippen LogP contribution is -2.25. The third-order valence-electron chi connectivity index (χ3n) is 4.56. The molecule has 2 aliphatic rings. The molecule has 0 saturated carbocycles. The molecule has 168 valence electrons. The monoisotopic (exact) mass is 441 g/mol. The predicted octanol–water partition coefficient (Wildman–Crippen LogP) is 2.16. The van der Waals surface area contributed by atoms with Gasteiger partial charge in [-0.2, -0.15) is 5.10 Å². The van der Waals surface area contributed by atoms with Crippen LogP contribution >= 0.6 is 0 Å².